The van der Waals surface area contributed by atoms with Crippen molar-refractivity contribution in [3.8, 4) is 95.2 Å². The van der Waals surface area contributed by atoms with Gasteiger partial charge in [-0.15, -0.1) is 10.2 Å². The quantitative estimate of drug-likeness (QED) is 0.147. The predicted octanol–water partition coefficient (Wildman–Crippen LogP) is 12.8. The molecule has 0 aliphatic carbocycles. The first-order valence-corrected chi connectivity index (χ1v) is 19.5. The summed E-state index contributed by atoms with van der Waals surface area (Å²) >= 11 is 0. The van der Waals surface area contributed by atoms with Crippen molar-refractivity contribution < 1.29 is 0 Å². The Bertz CT molecular complexity index is 2910. The van der Waals surface area contributed by atoms with Gasteiger partial charge in [0, 0.05) is 70.7 Å². The van der Waals surface area contributed by atoms with Crippen LogP contribution in [0.15, 0.2) is 219 Å². The molecule has 0 atom stereocenters. The second-order valence-electron chi connectivity index (χ2n) is 14.4. The van der Waals surface area contributed by atoms with Crippen LogP contribution in [0.1, 0.15) is 0 Å². The Morgan fingerprint density at radius 2 is 0.525 bits per heavy atom. The number of nitrogens with zero attached hydrogens (tertiary/aromatic N) is 6. The van der Waals surface area contributed by atoms with E-state index in [1.54, 1.807) is 18.6 Å². The second kappa shape index (κ2) is 15.8. The monoisotopic (exact) mass is 756 g/mol. The van der Waals surface area contributed by atoms with Crippen LogP contribution < -0.4 is 0 Å². The minimum absolute atomic E-state index is 0.746. The predicted molar refractivity (Wildman–Crippen MR) is 238 cm³/mol. The summed E-state index contributed by atoms with van der Waals surface area (Å²) in [5.74, 6) is 1.49. The average molecular weight is 757 g/mol. The molecule has 0 aliphatic rings. The van der Waals surface area contributed by atoms with Crippen LogP contribution in [0.3, 0.4) is 0 Å². The Morgan fingerprint density at radius 1 is 0.254 bits per heavy atom. The molecule has 0 spiro atoms. The number of rotatable bonds is 9. The van der Waals surface area contributed by atoms with E-state index in [1.807, 2.05) is 36.8 Å². The summed E-state index contributed by atoms with van der Waals surface area (Å²) in [6.45, 7) is 0. The third-order valence-corrected chi connectivity index (χ3v) is 10.6. The molecule has 0 saturated heterocycles. The Morgan fingerprint density at radius 3 is 0.864 bits per heavy atom. The molecule has 278 valence electrons. The summed E-state index contributed by atoms with van der Waals surface area (Å²) in [5, 5.41) is 9.88. The number of hydrogen-bond acceptors (Lipinski definition) is 5. The summed E-state index contributed by atoms with van der Waals surface area (Å²) in [5.41, 5.74) is 16.0. The van der Waals surface area contributed by atoms with Gasteiger partial charge in [-0.2, -0.15) is 0 Å². The average Bonchev–Trinajstić information content (AvgIpc) is 3.78. The van der Waals surface area contributed by atoms with Gasteiger partial charge in [-0.05, 0) is 111 Å². The topological polar surface area (TPSA) is 69.4 Å². The number of hydrogen-bond donors (Lipinski definition) is 0. The maximum absolute atomic E-state index is 4.94. The summed E-state index contributed by atoms with van der Waals surface area (Å²) < 4.78 is 2.19. The molecule has 6 aromatic carbocycles. The zero-order chi connectivity index (χ0) is 39.4. The molecule has 4 heterocycles. The van der Waals surface area contributed by atoms with Gasteiger partial charge in [0.1, 0.15) is 0 Å². The third kappa shape index (κ3) is 7.34. The Hall–Kier alpha value is -8.09. The van der Waals surface area contributed by atoms with Gasteiger partial charge >= 0.3 is 0 Å². The number of aromatic nitrogens is 6. The van der Waals surface area contributed by atoms with Crippen molar-refractivity contribution in [1.29, 1.82) is 0 Å². The van der Waals surface area contributed by atoms with Crippen LogP contribution in [0, 0.1) is 0 Å². The van der Waals surface area contributed by atoms with Gasteiger partial charge in [-0.3, -0.25) is 19.5 Å². The van der Waals surface area contributed by atoms with E-state index >= 15 is 0 Å². The minimum atomic E-state index is 0.746. The first kappa shape index (κ1) is 35.3. The first-order chi connectivity index (χ1) is 29.2. The van der Waals surface area contributed by atoms with Crippen LogP contribution in [0.2, 0.25) is 0 Å². The van der Waals surface area contributed by atoms with Crippen LogP contribution in [-0.4, -0.2) is 29.7 Å². The molecule has 0 radical (unpaired) electrons. The van der Waals surface area contributed by atoms with Gasteiger partial charge in [0.2, 0.25) is 0 Å². The maximum atomic E-state index is 4.94. The number of benzene rings is 6. The Labute approximate surface area is 342 Å². The van der Waals surface area contributed by atoms with Gasteiger partial charge in [-0.25, -0.2) is 0 Å². The lowest BCUT2D eigenvalue weighted by atomic mass is 9.98. The lowest BCUT2D eigenvalue weighted by Gasteiger charge is -2.14. The number of pyridine rings is 3. The molecular formula is C53H36N6. The first-order valence-electron chi connectivity index (χ1n) is 19.5. The minimum Gasteiger partial charge on any atom is -0.275 e. The van der Waals surface area contributed by atoms with Crippen molar-refractivity contribution in [3.05, 3.63) is 219 Å². The highest BCUT2D eigenvalue weighted by molar-refractivity contribution is 5.80. The zero-order valence-electron chi connectivity index (χ0n) is 32.0. The molecule has 0 fully saturated rings. The standard InChI is InChI=1S/C53H36N6/c1-10-37(28-42(15-1)48-21-7-25-54-34-48)40-13-4-19-46(31-40)52-57-58-53(47-20-5-14-41(32-47)38-11-2-16-43(29-38)49-22-8-26-55-35-49)59(52)51-24-6-18-45(33-51)39-12-3-17-44(30-39)50-23-9-27-56-36-50/h1-36H. The van der Waals surface area contributed by atoms with Gasteiger partial charge < -0.3 is 0 Å². The molecule has 0 unspecified atom stereocenters. The Kier molecular flexibility index (Phi) is 9.47. The smallest absolute Gasteiger partial charge is 0.168 e. The lowest BCUT2D eigenvalue weighted by Crippen LogP contribution is -2.01. The van der Waals surface area contributed by atoms with Crippen molar-refractivity contribution >= 4 is 0 Å². The molecule has 6 nitrogen and oxygen atoms in total. The van der Waals surface area contributed by atoms with Crippen molar-refractivity contribution in [1.82, 2.24) is 29.7 Å². The van der Waals surface area contributed by atoms with Crippen LogP contribution >= 0.6 is 0 Å². The van der Waals surface area contributed by atoms with E-state index in [4.69, 9.17) is 10.2 Å². The molecule has 10 rings (SSSR count). The van der Waals surface area contributed by atoms with Gasteiger partial charge in [0.05, 0.1) is 0 Å². The highest BCUT2D eigenvalue weighted by Crippen LogP contribution is 2.36. The van der Waals surface area contributed by atoms with E-state index in [9.17, 15) is 0 Å². The summed E-state index contributed by atoms with van der Waals surface area (Å²) in [6, 6.07) is 63.6. The fourth-order valence-electron chi connectivity index (χ4n) is 7.64. The highest BCUT2D eigenvalue weighted by atomic mass is 15.3. The van der Waals surface area contributed by atoms with E-state index in [0.29, 0.717) is 0 Å². The van der Waals surface area contributed by atoms with Gasteiger partial charge in [0.25, 0.3) is 0 Å². The van der Waals surface area contributed by atoms with Gasteiger partial charge in [0.15, 0.2) is 11.6 Å². The maximum Gasteiger partial charge on any atom is 0.168 e. The SMILES string of the molecule is c1cncc(-c2cccc(-c3cccc(-c4nnc(-c5cccc(-c6cccc(-c7cccnc7)c6)c5)n4-c4cccc(-c5cccc(-c6cccnc6)c5)c4)c3)c2)c1. The molecule has 0 bridgehead atoms. The van der Waals surface area contributed by atoms with Crippen LogP contribution in [-0.2, 0) is 0 Å². The molecule has 4 aromatic heterocycles. The molecular weight excluding hydrogens is 721 g/mol. The van der Waals surface area contributed by atoms with E-state index in [2.05, 4.69) is 183 Å². The van der Waals surface area contributed by atoms with Crippen LogP contribution in [0.4, 0.5) is 0 Å². The van der Waals surface area contributed by atoms with Gasteiger partial charge in [-0.1, -0.05) is 121 Å². The lowest BCUT2D eigenvalue weighted by molar-refractivity contribution is 1.07. The highest BCUT2D eigenvalue weighted by Gasteiger charge is 2.19. The third-order valence-electron chi connectivity index (χ3n) is 10.6. The summed E-state index contributed by atoms with van der Waals surface area (Å²) in [6.07, 6.45) is 11.1. The zero-order valence-corrected chi connectivity index (χ0v) is 32.0. The van der Waals surface area contributed by atoms with Crippen molar-refractivity contribution in [2.45, 2.75) is 0 Å². The van der Waals surface area contributed by atoms with Crippen LogP contribution in [0.25, 0.3) is 95.2 Å². The summed E-state index contributed by atoms with van der Waals surface area (Å²) in [7, 11) is 0. The Balaban J connectivity index is 1.10. The van der Waals surface area contributed by atoms with E-state index < -0.39 is 0 Å². The molecule has 0 aliphatic heterocycles. The molecule has 59 heavy (non-hydrogen) atoms. The van der Waals surface area contributed by atoms with Crippen molar-refractivity contribution in [2.24, 2.45) is 0 Å². The van der Waals surface area contributed by atoms with E-state index in [0.717, 1.165) is 95.2 Å². The molecule has 0 N–H and O–H groups in total. The van der Waals surface area contributed by atoms with Crippen LogP contribution in [0.5, 0.6) is 0 Å². The molecule has 6 heteroatoms. The second-order valence-corrected chi connectivity index (χ2v) is 14.4. The fourth-order valence-corrected chi connectivity index (χ4v) is 7.64. The van der Waals surface area contributed by atoms with E-state index in [1.165, 1.54) is 0 Å². The molecule has 10 aromatic rings. The largest absolute Gasteiger partial charge is 0.275 e. The normalized spacial score (nSPS) is 11.1. The summed E-state index contributed by atoms with van der Waals surface area (Å²) in [4.78, 5) is 13.0. The molecule has 0 amide bonds. The van der Waals surface area contributed by atoms with E-state index in [-0.39, 0.29) is 0 Å². The van der Waals surface area contributed by atoms with Crippen molar-refractivity contribution in [3.63, 3.8) is 0 Å². The van der Waals surface area contributed by atoms with Crippen molar-refractivity contribution in [2.75, 3.05) is 0 Å². The molecule has 0 saturated carbocycles. The fraction of sp³-hybridized carbons (Fsp3) is 0.